The molecule has 1 amide bonds. The van der Waals surface area contributed by atoms with Crippen molar-refractivity contribution in [3.8, 4) is 0 Å². The monoisotopic (exact) mass is 290 g/mol. The molecule has 21 heavy (non-hydrogen) atoms. The van der Waals surface area contributed by atoms with Crippen LogP contribution in [0.15, 0.2) is 36.4 Å². The molecular weight excluding hydrogens is 274 g/mol. The first-order valence-corrected chi connectivity index (χ1v) is 6.52. The van der Waals surface area contributed by atoms with Gasteiger partial charge in [-0.15, -0.1) is 0 Å². The smallest absolute Gasteiger partial charge is 0.251 e. The molecule has 0 fully saturated rings. The van der Waals surface area contributed by atoms with Gasteiger partial charge in [-0.05, 0) is 42.3 Å². The predicted octanol–water partition coefficient (Wildman–Crippen LogP) is 2.66. The molecule has 0 aliphatic rings. The van der Waals surface area contributed by atoms with Crippen molar-refractivity contribution in [2.45, 2.75) is 20.0 Å². The molecule has 0 aliphatic heterocycles. The minimum atomic E-state index is -0.473. The second-order valence-corrected chi connectivity index (χ2v) is 4.83. The third-order valence-electron chi connectivity index (χ3n) is 3.10. The topological polar surface area (TPSA) is 55.1 Å². The van der Waals surface area contributed by atoms with E-state index in [2.05, 4.69) is 5.32 Å². The Bertz CT molecular complexity index is 651. The molecule has 2 rings (SSSR count). The summed E-state index contributed by atoms with van der Waals surface area (Å²) in [7, 11) is 0. The Morgan fingerprint density at radius 2 is 1.95 bits per heavy atom. The van der Waals surface area contributed by atoms with Crippen LogP contribution in [-0.2, 0) is 13.1 Å². The van der Waals surface area contributed by atoms with Gasteiger partial charge in [0, 0.05) is 24.2 Å². The Labute approximate surface area is 121 Å². The number of hydrogen-bond donors (Lipinski definition) is 2. The summed E-state index contributed by atoms with van der Waals surface area (Å²) in [5.74, 6) is -1.34. The van der Waals surface area contributed by atoms with E-state index in [0.29, 0.717) is 16.7 Å². The molecule has 0 aromatic heterocycles. The zero-order chi connectivity index (χ0) is 15.4. The summed E-state index contributed by atoms with van der Waals surface area (Å²) in [4.78, 5) is 11.9. The largest absolute Gasteiger partial charge is 0.348 e. The molecular formula is C16H16F2N2O. The average Bonchev–Trinajstić information content (AvgIpc) is 2.44. The molecule has 0 bridgehead atoms. The highest BCUT2D eigenvalue weighted by Gasteiger charge is 2.09. The van der Waals surface area contributed by atoms with Crippen molar-refractivity contribution < 1.29 is 13.6 Å². The lowest BCUT2D eigenvalue weighted by molar-refractivity contribution is 0.0950. The van der Waals surface area contributed by atoms with E-state index >= 15 is 0 Å². The van der Waals surface area contributed by atoms with Crippen molar-refractivity contribution >= 4 is 5.91 Å². The fourth-order valence-corrected chi connectivity index (χ4v) is 2.01. The Balaban J connectivity index is 2.07. The second-order valence-electron chi connectivity index (χ2n) is 4.83. The van der Waals surface area contributed by atoms with E-state index in [1.54, 1.807) is 25.1 Å². The van der Waals surface area contributed by atoms with Crippen LogP contribution < -0.4 is 11.1 Å². The number of nitrogens with one attached hydrogen (secondary N) is 1. The van der Waals surface area contributed by atoms with Crippen LogP contribution >= 0.6 is 0 Å². The number of rotatable bonds is 4. The number of halogens is 2. The summed E-state index contributed by atoms with van der Waals surface area (Å²) in [6, 6.07) is 8.68. The highest BCUT2D eigenvalue weighted by atomic mass is 19.1. The summed E-state index contributed by atoms with van der Waals surface area (Å²) < 4.78 is 27.0. The summed E-state index contributed by atoms with van der Waals surface area (Å²) >= 11 is 0. The van der Waals surface area contributed by atoms with Gasteiger partial charge in [-0.25, -0.2) is 8.78 Å². The molecule has 0 radical (unpaired) electrons. The van der Waals surface area contributed by atoms with E-state index in [0.717, 1.165) is 6.07 Å². The van der Waals surface area contributed by atoms with Gasteiger partial charge in [0.15, 0.2) is 0 Å². The van der Waals surface area contributed by atoms with Crippen molar-refractivity contribution in [1.82, 2.24) is 5.32 Å². The highest BCUT2D eigenvalue weighted by molar-refractivity contribution is 5.94. The molecule has 0 saturated carbocycles. The highest BCUT2D eigenvalue weighted by Crippen LogP contribution is 2.11. The number of carbonyl (C=O) groups is 1. The molecule has 2 aromatic rings. The second kappa shape index (κ2) is 6.45. The molecule has 0 heterocycles. The van der Waals surface area contributed by atoms with Gasteiger partial charge in [0.05, 0.1) is 0 Å². The van der Waals surface area contributed by atoms with Crippen molar-refractivity contribution in [3.63, 3.8) is 0 Å². The third kappa shape index (κ3) is 3.86. The summed E-state index contributed by atoms with van der Waals surface area (Å²) in [6.07, 6.45) is 0. The Kier molecular flexibility index (Phi) is 4.65. The van der Waals surface area contributed by atoms with E-state index in [4.69, 9.17) is 5.73 Å². The predicted molar refractivity (Wildman–Crippen MR) is 76.6 cm³/mol. The number of hydrogen-bond acceptors (Lipinski definition) is 2. The fourth-order valence-electron chi connectivity index (χ4n) is 2.01. The van der Waals surface area contributed by atoms with Gasteiger partial charge in [-0.2, -0.15) is 0 Å². The third-order valence-corrected chi connectivity index (χ3v) is 3.10. The minimum absolute atomic E-state index is 0.0328. The van der Waals surface area contributed by atoms with Gasteiger partial charge in [0.25, 0.3) is 5.91 Å². The molecule has 0 spiro atoms. The summed E-state index contributed by atoms with van der Waals surface area (Å²) in [5.41, 5.74) is 7.33. The van der Waals surface area contributed by atoms with Gasteiger partial charge in [-0.3, -0.25) is 4.79 Å². The van der Waals surface area contributed by atoms with E-state index in [9.17, 15) is 13.6 Å². The lowest BCUT2D eigenvalue weighted by atomic mass is 10.1. The molecule has 0 unspecified atom stereocenters. The van der Waals surface area contributed by atoms with Crippen LogP contribution in [0.3, 0.4) is 0 Å². The molecule has 5 heteroatoms. The van der Waals surface area contributed by atoms with Crippen molar-refractivity contribution in [2.24, 2.45) is 5.73 Å². The Hall–Kier alpha value is -2.27. The van der Waals surface area contributed by atoms with Gasteiger partial charge in [0.2, 0.25) is 0 Å². The van der Waals surface area contributed by atoms with Crippen LogP contribution in [0, 0.1) is 18.6 Å². The first-order valence-electron chi connectivity index (χ1n) is 6.52. The normalized spacial score (nSPS) is 10.5. The maximum absolute atomic E-state index is 13.8. The SMILES string of the molecule is Cc1cc(F)cc(C(=O)NCc2ccc(CN)cc2F)c1. The molecule has 3 nitrogen and oxygen atoms in total. The first kappa shape index (κ1) is 15.1. The standard InChI is InChI=1S/C16H16F2N2O/c1-10-4-13(7-14(17)5-10)16(21)20-9-12-3-2-11(8-19)6-15(12)18/h2-7H,8-9,19H2,1H3,(H,20,21). The van der Waals surface area contributed by atoms with Crippen LogP contribution in [0.2, 0.25) is 0 Å². The molecule has 0 saturated heterocycles. The quantitative estimate of drug-likeness (QED) is 0.909. The van der Waals surface area contributed by atoms with Crippen LogP contribution in [0.1, 0.15) is 27.0 Å². The van der Waals surface area contributed by atoms with Crippen LogP contribution in [0.5, 0.6) is 0 Å². The fraction of sp³-hybridized carbons (Fsp3) is 0.188. The molecule has 3 N–H and O–H groups in total. The van der Waals surface area contributed by atoms with E-state index in [1.807, 2.05) is 0 Å². The lowest BCUT2D eigenvalue weighted by Gasteiger charge is -2.08. The molecule has 2 aromatic carbocycles. The Morgan fingerprint density at radius 3 is 2.57 bits per heavy atom. The van der Waals surface area contributed by atoms with Gasteiger partial charge in [-0.1, -0.05) is 12.1 Å². The zero-order valence-electron chi connectivity index (χ0n) is 11.6. The summed E-state index contributed by atoms with van der Waals surface area (Å²) in [6.45, 7) is 1.99. The number of nitrogens with two attached hydrogens (primary N) is 1. The maximum atomic E-state index is 13.8. The van der Waals surface area contributed by atoms with Crippen molar-refractivity contribution in [1.29, 1.82) is 0 Å². The first-order chi connectivity index (χ1) is 9.99. The van der Waals surface area contributed by atoms with Crippen LogP contribution in [0.25, 0.3) is 0 Å². The molecule has 0 atom stereocenters. The number of carbonyl (C=O) groups excluding carboxylic acids is 1. The molecule has 110 valence electrons. The van der Waals surface area contributed by atoms with Crippen LogP contribution in [-0.4, -0.2) is 5.91 Å². The van der Waals surface area contributed by atoms with E-state index in [-0.39, 0.29) is 18.7 Å². The van der Waals surface area contributed by atoms with Crippen molar-refractivity contribution in [2.75, 3.05) is 0 Å². The number of amides is 1. The number of aryl methyl sites for hydroxylation is 1. The lowest BCUT2D eigenvalue weighted by Crippen LogP contribution is -2.23. The Morgan fingerprint density at radius 1 is 1.19 bits per heavy atom. The summed E-state index contributed by atoms with van der Waals surface area (Å²) in [5, 5.41) is 2.57. The molecule has 0 aliphatic carbocycles. The minimum Gasteiger partial charge on any atom is -0.348 e. The number of benzene rings is 2. The van der Waals surface area contributed by atoms with Crippen molar-refractivity contribution in [3.05, 3.63) is 70.3 Å². The van der Waals surface area contributed by atoms with E-state index in [1.165, 1.54) is 12.1 Å². The van der Waals surface area contributed by atoms with E-state index < -0.39 is 17.5 Å². The van der Waals surface area contributed by atoms with Gasteiger partial charge in [0.1, 0.15) is 11.6 Å². The average molecular weight is 290 g/mol. The zero-order valence-corrected chi connectivity index (χ0v) is 11.6. The maximum Gasteiger partial charge on any atom is 0.251 e. The van der Waals surface area contributed by atoms with Crippen LogP contribution in [0.4, 0.5) is 8.78 Å². The van der Waals surface area contributed by atoms with Gasteiger partial charge < -0.3 is 11.1 Å². The van der Waals surface area contributed by atoms with Gasteiger partial charge >= 0.3 is 0 Å².